The van der Waals surface area contributed by atoms with E-state index in [9.17, 15) is 14.4 Å². The summed E-state index contributed by atoms with van der Waals surface area (Å²) in [6, 6.07) is 24.7. The van der Waals surface area contributed by atoms with Crippen LogP contribution in [0.15, 0.2) is 91.3 Å². The predicted octanol–water partition coefficient (Wildman–Crippen LogP) is 6.70. The van der Waals surface area contributed by atoms with E-state index in [1.165, 1.54) is 0 Å². The van der Waals surface area contributed by atoms with Gasteiger partial charge in [0.15, 0.2) is 0 Å². The molecule has 4 N–H and O–H groups in total. The molecule has 54 heavy (non-hydrogen) atoms. The number of likely N-dealkylation sites (tertiary alicyclic amines) is 2. The minimum absolute atomic E-state index is 0.0480. The largest absolute Gasteiger partial charge is 0.368 e. The van der Waals surface area contributed by atoms with Gasteiger partial charge in [-0.05, 0) is 73.3 Å². The van der Waals surface area contributed by atoms with E-state index in [-0.39, 0.29) is 36.0 Å². The van der Waals surface area contributed by atoms with Gasteiger partial charge in [0.1, 0.15) is 23.8 Å². The number of ether oxygens (including phenoxy) is 1. The zero-order valence-electron chi connectivity index (χ0n) is 30.5. The fourth-order valence-corrected chi connectivity index (χ4v) is 8.02. The van der Waals surface area contributed by atoms with Gasteiger partial charge in [-0.15, -0.1) is 0 Å². The number of hydrogen-bond acceptors (Lipinski definition) is 6. The van der Waals surface area contributed by atoms with E-state index < -0.39 is 6.04 Å². The van der Waals surface area contributed by atoms with Crippen molar-refractivity contribution in [2.75, 3.05) is 26.2 Å². The van der Waals surface area contributed by atoms with Crippen LogP contribution in [0, 0.1) is 0 Å². The van der Waals surface area contributed by atoms with E-state index in [4.69, 9.17) is 14.7 Å². The second-order valence-electron chi connectivity index (χ2n) is 14.2. The molecule has 4 amide bonds. The Labute approximate surface area is 314 Å². The molecule has 3 aromatic carbocycles. The van der Waals surface area contributed by atoms with E-state index >= 15 is 0 Å². The number of hydrogen-bond donors (Lipinski definition) is 4. The number of carbonyl (C=O) groups is 3. The molecule has 0 bridgehead atoms. The Hall–Kier alpha value is -5.75. The van der Waals surface area contributed by atoms with Crippen LogP contribution < -0.4 is 10.6 Å². The first kappa shape index (κ1) is 35.3. The highest BCUT2D eigenvalue weighted by Crippen LogP contribution is 2.36. The molecule has 0 unspecified atom stereocenters. The van der Waals surface area contributed by atoms with Gasteiger partial charge in [-0.2, -0.15) is 0 Å². The molecular weight excluding hydrogens is 681 g/mol. The van der Waals surface area contributed by atoms with Crippen LogP contribution in [0.4, 0.5) is 4.79 Å². The standard InChI is InChI=1S/C42H46N8O4/c1-2-43-42(53)48-37(31-9-4-3-5-10-31)41(52)50-23-7-12-35(50)39-45-26-33(47-39)30-20-16-28(17-21-30)27-14-18-29(19-15-27)32-25-44-38(46-32)34-11-6-22-49(34)40(51)36-13-8-24-54-36/h3-5,9-10,14-21,25-26,34-37H,2,6-8,11-13,22-24H2,1H3,(H,44,46)(H,45,47)(H2,43,48,53)/t34-,35-,36+,37+/m0/s1. The molecule has 3 aliphatic rings. The Balaban J connectivity index is 0.927. The van der Waals surface area contributed by atoms with Crippen LogP contribution in [0.2, 0.25) is 0 Å². The van der Waals surface area contributed by atoms with Crippen molar-refractivity contribution in [2.24, 2.45) is 0 Å². The summed E-state index contributed by atoms with van der Waals surface area (Å²) < 4.78 is 5.68. The molecule has 5 heterocycles. The van der Waals surface area contributed by atoms with E-state index in [0.29, 0.717) is 19.7 Å². The Morgan fingerprint density at radius 3 is 1.85 bits per heavy atom. The van der Waals surface area contributed by atoms with Crippen LogP contribution in [-0.2, 0) is 14.3 Å². The summed E-state index contributed by atoms with van der Waals surface area (Å²) in [4.78, 5) is 59.8. The fourth-order valence-electron chi connectivity index (χ4n) is 8.02. The first-order chi connectivity index (χ1) is 26.5. The molecule has 3 saturated heterocycles. The van der Waals surface area contributed by atoms with Gasteiger partial charge in [0.05, 0.1) is 35.9 Å². The monoisotopic (exact) mass is 726 g/mol. The van der Waals surface area contributed by atoms with Crippen LogP contribution in [0.5, 0.6) is 0 Å². The summed E-state index contributed by atoms with van der Waals surface area (Å²) in [6.45, 7) is 4.30. The molecule has 2 aromatic heterocycles. The number of carbonyl (C=O) groups excluding carboxylic acids is 3. The fraction of sp³-hybridized carbons (Fsp3) is 0.357. The lowest BCUT2D eigenvalue weighted by Gasteiger charge is -2.28. The third-order valence-corrected chi connectivity index (χ3v) is 10.8. The smallest absolute Gasteiger partial charge is 0.315 e. The van der Waals surface area contributed by atoms with Crippen molar-refractivity contribution in [3.8, 4) is 33.6 Å². The lowest BCUT2D eigenvalue weighted by molar-refractivity contribution is -0.142. The van der Waals surface area contributed by atoms with Gasteiger partial charge in [0.25, 0.3) is 5.91 Å². The zero-order valence-corrected chi connectivity index (χ0v) is 30.5. The number of benzene rings is 3. The Morgan fingerprint density at radius 2 is 1.30 bits per heavy atom. The SMILES string of the molecule is CCNC(=O)N[C@@H](C(=O)N1CCC[C@H]1c1ncc(-c2ccc(-c3ccc(-c4cnc([C@@H]5CCCN5C(=O)[C@H]5CCCO5)[nH]4)cc3)cc2)[nH]1)c1ccccc1. The molecule has 12 heteroatoms. The average Bonchev–Trinajstić information content (AvgIpc) is 4.06. The quantitative estimate of drug-likeness (QED) is 0.126. The number of nitrogens with zero attached hydrogens (tertiary/aromatic N) is 4. The van der Waals surface area contributed by atoms with E-state index in [0.717, 1.165) is 95.9 Å². The molecule has 0 aliphatic carbocycles. The number of urea groups is 1. The predicted molar refractivity (Wildman–Crippen MR) is 205 cm³/mol. The Morgan fingerprint density at radius 1 is 0.741 bits per heavy atom. The summed E-state index contributed by atoms with van der Waals surface area (Å²) in [6.07, 6.45) is 8.59. The molecule has 5 aromatic rings. The van der Waals surface area contributed by atoms with Crippen molar-refractivity contribution in [3.05, 3.63) is 108 Å². The summed E-state index contributed by atoms with van der Waals surface area (Å²) in [7, 11) is 0. The highest BCUT2D eigenvalue weighted by Gasteiger charge is 2.38. The maximum atomic E-state index is 14.0. The molecule has 278 valence electrons. The number of nitrogens with one attached hydrogen (secondary N) is 4. The van der Waals surface area contributed by atoms with Crippen molar-refractivity contribution in [1.82, 2.24) is 40.4 Å². The second kappa shape index (κ2) is 15.7. The molecular formula is C42H46N8O4. The summed E-state index contributed by atoms with van der Waals surface area (Å²) in [5, 5.41) is 5.62. The maximum Gasteiger partial charge on any atom is 0.315 e. The van der Waals surface area contributed by atoms with Gasteiger partial charge < -0.3 is 35.1 Å². The first-order valence-electron chi connectivity index (χ1n) is 19.1. The maximum absolute atomic E-state index is 14.0. The molecule has 8 rings (SSSR count). The van der Waals surface area contributed by atoms with Crippen molar-refractivity contribution in [1.29, 1.82) is 0 Å². The molecule has 4 atom stereocenters. The van der Waals surface area contributed by atoms with Gasteiger partial charge in [0, 0.05) is 26.2 Å². The first-order valence-corrected chi connectivity index (χ1v) is 19.1. The number of imidazole rings is 2. The summed E-state index contributed by atoms with van der Waals surface area (Å²) in [5.74, 6) is 1.49. The van der Waals surface area contributed by atoms with Gasteiger partial charge in [-0.3, -0.25) is 9.59 Å². The van der Waals surface area contributed by atoms with Crippen molar-refractivity contribution in [3.63, 3.8) is 0 Å². The summed E-state index contributed by atoms with van der Waals surface area (Å²) in [5.41, 5.74) is 6.74. The number of amides is 4. The Kier molecular flexibility index (Phi) is 10.3. The molecule has 3 aliphatic heterocycles. The third kappa shape index (κ3) is 7.25. The average molecular weight is 727 g/mol. The van der Waals surface area contributed by atoms with E-state index in [1.807, 2.05) is 59.4 Å². The Bertz CT molecular complexity index is 2070. The molecule has 0 radical (unpaired) electrons. The zero-order chi connectivity index (χ0) is 37.0. The third-order valence-electron chi connectivity index (χ3n) is 10.8. The van der Waals surface area contributed by atoms with Gasteiger partial charge in [-0.25, -0.2) is 14.8 Å². The number of rotatable bonds is 10. The van der Waals surface area contributed by atoms with Crippen LogP contribution >= 0.6 is 0 Å². The van der Waals surface area contributed by atoms with Crippen molar-refractivity contribution < 1.29 is 19.1 Å². The van der Waals surface area contributed by atoms with Crippen molar-refractivity contribution >= 4 is 17.8 Å². The van der Waals surface area contributed by atoms with Crippen molar-refractivity contribution in [2.45, 2.75) is 69.7 Å². The van der Waals surface area contributed by atoms with E-state index in [2.05, 4.69) is 69.1 Å². The van der Waals surface area contributed by atoms with Gasteiger partial charge >= 0.3 is 6.03 Å². The summed E-state index contributed by atoms with van der Waals surface area (Å²) >= 11 is 0. The molecule has 12 nitrogen and oxygen atoms in total. The molecule has 0 saturated carbocycles. The molecule has 0 spiro atoms. The van der Waals surface area contributed by atoms with Crippen LogP contribution in [0.3, 0.4) is 0 Å². The lowest BCUT2D eigenvalue weighted by atomic mass is 10.0. The number of H-pyrrole nitrogens is 2. The van der Waals surface area contributed by atoms with E-state index in [1.54, 1.807) is 0 Å². The minimum atomic E-state index is -0.803. The highest BCUT2D eigenvalue weighted by atomic mass is 16.5. The normalized spacial score (nSPS) is 20.3. The van der Waals surface area contributed by atoms with Crippen LogP contribution in [0.25, 0.3) is 33.6 Å². The van der Waals surface area contributed by atoms with Gasteiger partial charge in [-0.1, -0.05) is 78.9 Å². The van der Waals surface area contributed by atoms with Crippen LogP contribution in [-0.4, -0.2) is 79.9 Å². The number of aromatic nitrogens is 4. The highest BCUT2D eigenvalue weighted by molar-refractivity contribution is 5.88. The minimum Gasteiger partial charge on any atom is -0.368 e. The second-order valence-corrected chi connectivity index (χ2v) is 14.2. The number of aromatic amines is 2. The van der Waals surface area contributed by atoms with Gasteiger partial charge in [0.2, 0.25) is 5.91 Å². The topological polar surface area (TPSA) is 148 Å². The molecule has 3 fully saturated rings. The van der Waals surface area contributed by atoms with Crippen LogP contribution in [0.1, 0.15) is 80.8 Å². The lowest BCUT2D eigenvalue weighted by Crippen LogP contribution is -2.46.